The Morgan fingerprint density at radius 1 is 1.03 bits per heavy atom. The Hall–Kier alpha value is -4.13. The van der Waals surface area contributed by atoms with Gasteiger partial charge in [-0.15, -0.1) is 0 Å². The fraction of sp³-hybridized carbons (Fsp3) is 0.125. The molecule has 0 atom stereocenters. The van der Waals surface area contributed by atoms with E-state index >= 15 is 0 Å². The SMILES string of the molecule is Cc1ccccc1Cn1ncc2c3ccc(Oc4cccc(O)n4)cc3n(C)c2c1=O. The normalized spacial score (nSPS) is 11.3. The molecule has 0 aliphatic carbocycles. The highest BCUT2D eigenvalue weighted by Crippen LogP contribution is 2.30. The quantitative estimate of drug-likeness (QED) is 0.480. The first-order valence-corrected chi connectivity index (χ1v) is 9.88. The average molecular weight is 412 g/mol. The molecule has 0 aliphatic rings. The molecule has 3 heterocycles. The summed E-state index contributed by atoms with van der Waals surface area (Å²) in [6.45, 7) is 2.44. The monoisotopic (exact) mass is 412 g/mol. The van der Waals surface area contributed by atoms with Crippen LogP contribution in [0.3, 0.4) is 0 Å². The maximum Gasteiger partial charge on any atom is 0.291 e. The van der Waals surface area contributed by atoms with Gasteiger partial charge in [-0.05, 0) is 30.2 Å². The first-order valence-electron chi connectivity index (χ1n) is 9.88. The van der Waals surface area contributed by atoms with Gasteiger partial charge >= 0.3 is 0 Å². The summed E-state index contributed by atoms with van der Waals surface area (Å²) in [5, 5.41) is 15.7. The fourth-order valence-corrected chi connectivity index (χ4v) is 3.84. The third kappa shape index (κ3) is 3.30. The van der Waals surface area contributed by atoms with Crippen LogP contribution in [-0.2, 0) is 13.6 Å². The molecule has 0 saturated heterocycles. The predicted molar refractivity (Wildman–Crippen MR) is 119 cm³/mol. The number of aromatic nitrogens is 4. The van der Waals surface area contributed by atoms with Gasteiger partial charge in [-0.2, -0.15) is 10.1 Å². The molecule has 0 radical (unpaired) electrons. The van der Waals surface area contributed by atoms with Crippen LogP contribution in [-0.4, -0.2) is 24.4 Å². The number of ether oxygens (including phenoxy) is 1. The summed E-state index contributed by atoms with van der Waals surface area (Å²) in [4.78, 5) is 17.2. The van der Waals surface area contributed by atoms with Crippen molar-refractivity contribution in [2.24, 2.45) is 7.05 Å². The van der Waals surface area contributed by atoms with Crippen LogP contribution in [0.25, 0.3) is 21.8 Å². The maximum absolute atomic E-state index is 13.3. The first kappa shape index (κ1) is 18.9. The van der Waals surface area contributed by atoms with Crippen molar-refractivity contribution >= 4 is 21.8 Å². The van der Waals surface area contributed by atoms with Crippen molar-refractivity contribution in [1.29, 1.82) is 0 Å². The van der Waals surface area contributed by atoms with Gasteiger partial charge in [-0.25, -0.2) is 4.68 Å². The van der Waals surface area contributed by atoms with Gasteiger partial charge in [0.2, 0.25) is 11.8 Å². The van der Waals surface area contributed by atoms with E-state index in [2.05, 4.69) is 10.1 Å². The van der Waals surface area contributed by atoms with Gasteiger partial charge in [-0.3, -0.25) is 4.79 Å². The van der Waals surface area contributed by atoms with Crippen molar-refractivity contribution in [2.45, 2.75) is 13.5 Å². The molecule has 0 unspecified atom stereocenters. The zero-order valence-electron chi connectivity index (χ0n) is 17.1. The second-order valence-corrected chi connectivity index (χ2v) is 7.47. The number of nitrogens with zero attached hydrogens (tertiary/aromatic N) is 4. The third-order valence-corrected chi connectivity index (χ3v) is 5.49. The van der Waals surface area contributed by atoms with Gasteiger partial charge in [-0.1, -0.05) is 30.3 Å². The predicted octanol–water partition coefficient (Wildman–Crippen LogP) is 4.14. The Balaban J connectivity index is 1.59. The number of aryl methyl sites for hydroxylation is 2. The zero-order chi connectivity index (χ0) is 21.5. The lowest BCUT2D eigenvalue weighted by atomic mass is 10.1. The molecule has 1 N–H and O–H groups in total. The van der Waals surface area contributed by atoms with Crippen molar-refractivity contribution in [3.63, 3.8) is 0 Å². The lowest BCUT2D eigenvalue weighted by Crippen LogP contribution is -2.24. The second kappa shape index (κ2) is 7.28. The Labute approximate surface area is 177 Å². The topological polar surface area (TPSA) is 82.2 Å². The molecule has 5 rings (SSSR count). The number of hydrogen-bond donors (Lipinski definition) is 1. The summed E-state index contributed by atoms with van der Waals surface area (Å²) in [6.07, 6.45) is 1.74. The Bertz CT molecular complexity index is 1500. The Morgan fingerprint density at radius 2 is 1.87 bits per heavy atom. The molecular weight excluding hydrogens is 392 g/mol. The minimum Gasteiger partial charge on any atom is -0.493 e. The van der Waals surface area contributed by atoms with Gasteiger partial charge in [0.15, 0.2) is 0 Å². The highest BCUT2D eigenvalue weighted by atomic mass is 16.5. The summed E-state index contributed by atoms with van der Waals surface area (Å²) in [6, 6.07) is 18.4. The fourth-order valence-electron chi connectivity index (χ4n) is 3.84. The molecule has 5 aromatic rings. The molecule has 0 bridgehead atoms. The van der Waals surface area contributed by atoms with Crippen LogP contribution in [0.4, 0.5) is 0 Å². The first-order chi connectivity index (χ1) is 15.0. The van der Waals surface area contributed by atoms with E-state index < -0.39 is 0 Å². The molecule has 3 aromatic heterocycles. The summed E-state index contributed by atoms with van der Waals surface area (Å²) >= 11 is 0. The van der Waals surface area contributed by atoms with Gasteiger partial charge in [0, 0.05) is 36.0 Å². The van der Waals surface area contributed by atoms with E-state index in [1.54, 1.807) is 18.3 Å². The summed E-state index contributed by atoms with van der Waals surface area (Å²) in [5.74, 6) is 0.744. The molecule has 0 saturated carbocycles. The van der Waals surface area contributed by atoms with Crippen molar-refractivity contribution < 1.29 is 9.84 Å². The number of benzene rings is 2. The lowest BCUT2D eigenvalue weighted by molar-refractivity contribution is 0.420. The average Bonchev–Trinajstić information content (AvgIpc) is 3.04. The van der Waals surface area contributed by atoms with E-state index in [9.17, 15) is 9.90 Å². The van der Waals surface area contributed by atoms with Crippen LogP contribution >= 0.6 is 0 Å². The number of rotatable bonds is 4. The molecule has 7 nitrogen and oxygen atoms in total. The van der Waals surface area contributed by atoms with Crippen molar-refractivity contribution in [3.8, 4) is 17.5 Å². The number of hydrogen-bond acceptors (Lipinski definition) is 5. The standard InChI is InChI=1S/C24H20N4O3/c1-15-6-3-4-7-16(15)14-28-24(30)23-19(13-25-28)18-11-10-17(12-20(18)27(23)2)31-22-9-5-8-21(29)26-22/h3-13H,14H2,1-2H3,(H,26,29). The van der Waals surface area contributed by atoms with Crippen LogP contribution in [0.1, 0.15) is 11.1 Å². The maximum atomic E-state index is 13.3. The molecular formula is C24H20N4O3. The molecule has 7 heteroatoms. The van der Waals surface area contributed by atoms with Crippen LogP contribution in [0.5, 0.6) is 17.5 Å². The van der Waals surface area contributed by atoms with E-state index in [-0.39, 0.29) is 11.4 Å². The van der Waals surface area contributed by atoms with Gasteiger partial charge in [0.05, 0.1) is 18.3 Å². The Kier molecular flexibility index (Phi) is 4.43. The minimum atomic E-state index is -0.142. The molecule has 2 aromatic carbocycles. The highest BCUT2D eigenvalue weighted by molar-refractivity contribution is 6.07. The Morgan fingerprint density at radius 3 is 2.68 bits per heavy atom. The highest BCUT2D eigenvalue weighted by Gasteiger charge is 2.15. The van der Waals surface area contributed by atoms with E-state index in [1.807, 2.05) is 61.0 Å². The zero-order valence-corrected chi connectivity index (χ0v) is 17.1. The molecule has 154 valence electrons. The number of aromatic hydroxyl groups is 1. The molecule has 0 spiro atoms. The van der Waals surface area contributed by atoms with Crippen LogP contribution in [0.2, 0.25) is 0 Å². The third-order valence-electron chi connectivity index (χ3n) is 5.49. The van der Waals surface area contributed by atoms with E-state index in [4.69, 9.17) is 4.74 Å². The van der Waals surface area contributed by atoms with Crippen molar-refractivity contribution in [1.82, 2.24) is 19.3 Å². The van der Waals surface area contributed by atoms with Gasteiger partial charge in [0.1, 0.15) is 11.3 Å². The van der Waals surface area contributed by atoms with Crippen LogP contribution < -0.4 is 10.3 Å². The largest absolute Gasteiger partial charge is 0.493 e. The molecule has 0 fully saturated rings. The van der Waals surface area contributed by atoms with Gasteiger partial charge < -0.3 is 14.4 Å². The summed E-state index contributed by atoms with van der Waals surface area (Å²) in [7, 11) is 1.86. The number of pyridine rings is 1. The van der Waals surface area contributed by atoms with Crippen LogP contribution in [0.15, 0.2) is 71.7 Å². The molecule has 0 aliphatic heterocycles. The van der Waals surface area contributed by atoms with Crippen LogP contribution in [0, 0.1) is 6.92 Å². The number of fused-ring (bicyclic) bond motifs is 3. The minimum absolute atomic E-state index is 0.108. The van der Waals surface area contributed by atoms with Gasteiger partial charge in [0.25, 0.3) is 5.56 Å². The lowest BCUT2D eigenvalue weighted by Gasteiger charge is -2.08. The van der Waals surface area contributed by atoms with Crippen molar-refractivity contribution in [2.75, 3.05) is 0 Å². The molecule has 0 amide bonds. The van der Waals surface area contributed by atoms with Crippen molar-refractivity contribution in [3.05, 3.63) is 88.3 Å². The molecule has 31 heavy (non-hydrogen) atoms. The summed E-state index contributed by atoms with van der Waals surface area (Å²) in [5.41, 5.74) is 3.48. The summed E-state index contributed by atoms with van der Waals surface area (Å²) < 4.78 is 9.15. The smallest absolute Gasteiger partial charge is 0.291 e. The van der Waals surface area contributed by atoms with E-state index in [0.29, 0.717) is 23.7 Å². The van der Waals surface area contributed by atoms with E-state index in [0.717, 1.165) is 27.4 Å². The van der Waals surface area contributed by atoms with E-state index in [1.165, 1.54) is 10.7 Å². The second-order valence-electron chi connectivity index (χ2n) is 7.47.